The van der Waals surface area contributed by atoms with Crippen molar-refractivity contribution in [3.05, 3.63) is 0 Å². The molecular formula is C11H24O6. The summed E-state index contributed by atoms with van der Waals surface area (Å²) in [4.78, 5) is 0. The average Bonchev–Trinajstić information content (AvgIpc) is 2.34. The molecule has 0 heterocycles. The number of hydrogen-bond acceptors (Lipinski definition) is 6. The molecule has 17 heavy (non-hydrogen) atoms. The van der Waals surface area contributed by atoms with E-state index >= 15 is 0 Å². The second-order valence-corrected chi connectivity index (χ2v) is 3.28. The second kappa shape index (κ2) is 13.8. The van der Waals surface area contributed by atoms with Gasteiger partial charge in [-0.05, 0) is 0 Å². The summed E-state index contributed by atoms with van der Waals surface area (Å²) in [5, 5.41) is 8.83. The highest BCUT2D eigenvalue weighted by Gasteiger charge is 2.08. The molecule has 0 aromatic rings. The summed E-state index contributed by atoms with van der Waals surface area (Å²) in [5.41, 5.74) is 0. The molecule has 1 unspecified atom stereocenters. The fourth-order valence-electron chi connectivity index (χ4n) is 1.07. The van der Waals surface area contributed by atoms with Crippen LogP contribution in [-0.2, 0) is 23.7 Å². The van der Waals surface area contributed by atoms with Gasteiger partial charge in [-0.2, -0.15) is 0 Å². The third-order valence-electron chi connectivity index (χ3n) is 1.92. The van der Waals surface area contributed by atoms with Gasteiger partial charge in [-0.15, -0.1) is 0 Å². The molecule has 0 aliphatic heterocycles. The van der Waals surface area contributed by atoms with E-state index in [1.165, 1.54) is 0 Å². The Labute approximate surface area is 103 Å². The normalized spacial score (nSPS) is 12.9. The van der Waals surface area contributed by atoms with Gasteiger partial charge in [0.2, 0.25) is 0 Å². The first kappa shape index (κ1) is 16.8. The van der Waals surface area contributed by atoms with Crippen molar-refractivity contribution in [2.24, 2.45) is 0 Å². The molecule has 1 atom stereocenters. The summed E-state index contributed by atoms with van der Waals surface area (Å²) < 4.78 is 25.7. The van der Waals surface area contributed by atoms with Crippen LogP contribution in [0, 0.1) is 0 Å². The molecule has 104 valence electrons. The SMILES string of the molecule is COCCOCCOC(CCO)OCCOC. The summed E-state index contributed by atoms with van der Waals surface area (Å²) in [6.07, 6.45) is 0.0445. The molecule has 0 spiro atoms. The third-order valence-corrected chi connectivity index (χ3v) is 1.92. The Bertz CT molecular complexity index is 144. The molecule has 0 amide bonds. The summed E-state index contributed by atoms with van der Waals surface area (Å²) in [6.45, 7) is 3.03. The quantitative estimate of drug-likeness (QED) is 0.369. The highest BCUT2D eigenvalue weighted by Crippen LogP contribution is 2.00. The van der Waals surface area contributed by atoms with Crippen LogP contribution in [0.5, 0.6) is 0 Å². The van der Waals surface area contributed by atoms with Crippen molar-refractivity contribution in [2.45, 2.75) is 12.7 Å². The molecule has 6 nitrogen and oxygen atoms in total. The Morgan fingerprint density at radius 1 is 0.824 bits per heavy atom. The molecule has 0 radical (unpaired) electrons. The van der Waals surface area contributed by atoms with Crippen LogP contribution in [0.4, 0.5) is 0 Å². The molecule has 0 aromatic carbocycles. The lowest BCUT2D eigenvalue weighted by Gasteiger charge is -2.17. The predicted molar refractivity (Wildman–Crippen MR) is 62.0 cm³/mol. The van der Waals surface area contributed by atoms with E-state index in [2.05, 4.69) is 0 Å². The van der Waals surface area contributed by atoms with E-state index in [4.69, 9.17) is 28.8 Å². The minimum absolute atomic E-state index is 0.0299. The predicted octanol–water partition coefficient (Wildman–Crippen LogP) is 0.0375. The van der Waals surface area contributed by atoms with Crippen LogP contribution in [0.25, 0.3) is 0 Å². The van der Waals surface area contributed by atoms with Gasteiger partial charge in [0, 0.05) is 27.2 Å². The molecule has 0 rings (SSSR count). The lowest BCUT2D eigenvalue weighted by Crippen LogP contribution is -2.23. The molecule has 0 aromatic heterocycles. The highest BCUT2D eigenvalue weighted by atomic mass is 16.7. The Balaban J connectivity index is 3.41. The van der Waals surface area contributed by atoms with E-state index in [0.29, 0.717) is 46.1 Å². The Morgan fingerprint density at radius 2 is 1.35 bits per heavy atom. The Morgan fingerprint density at radius 3 is 1.94 bits per heavy atom. The van der Waals surface area contributed by atoms with E-state index in [1.807, 2.05) is 0 Å². The van der Waals surface area contributed by atoms with E-state index in [0.717, 1.165) is 0 Å². The number of hydrogen-bond donors (Lipinski definition) is 1. The zero-order valence-corrected chi connectivity index (χ0v) is 10.7. The fourth-order valence-corrected chi connectivity index (χ4v) is 1.07. The number of aliphatic hydroxyl groups excluding tert-OH is 1. The molecule has 1 N–H and O–H groups in total. The van der Waals surface area contributed by atoms with Gasteiger partial charge in [-0.3, -0.25) is 0 Å². The van der Waals surface area contributed by atoms with Gasteiger partial charge in [-0.1, -0.05) is 0 Å². The maximum absolute atomic E-state index is 8.83. The van der Waals surface area contributed by atoms with Gasteiger partial charge in [-0.25, -0.2) is 0 Å². The van der Waals surface area contributed by atoms with Crippen LogP contribution in [0.15, 0.2) is 0 Å². The molecule has 0 fully saturated rings. The largest absolute Gasteiger partial charge is 0.396 e. The molecular weight excluding hydrogens is 228 g/mol. The van der Waals surface area contributed by atoms with Crippen molar-refractivity contribution < 1.29 is 28.8 Å². The minimum Gasteiger partial charge on any atom is -0.396 e. The van der Waals surface area contributed by atoms with Crippen LogP contribution in [0.3, 0.4) is 0 Å². The van der Waals surface area contributed by atoms with Crippen LogP contribution in [0.2, 0.25) is 0 Å². The van der Waals surface area contributed by atoms with Gasteiger partial charge < -0.3 is 28.8 Å². The van der Waals surface area contributed by atoms with E-state index < -0.39 is 6.29 Å². The zero-order chi connectivity index (χ0) is 12.8. The van der Waals surface area contributed by atoms with Crippen molar-refractivity contribution in [3.63, 3.8) is 0 Å². The van der Waals surface area contributed by atoms with Crippen LogP contribution < -0.4 is 0 Å². The molecule has 0 aliphatic rings. The van der Waals surface area contributed by atoms with Crippen molar-refractivity contribution in [1.29, 1.82) is 0 Å². The maximum atomic E-state index is 8.83. The number of ether oxygens (including phenoxy) is 5. The van der Waals surface area contributed by atoms with Gasteiger partial charge in [0.05, 0.1) is 39.6 Å². The van der Waals surface area contributed by atoms with Crippen LogP contribution >= 0.6 is 0 Å². The summed E-state index contributed by atoms with van der Waals surface area (Å²) >= 11 is 0. The fraction of sp³-hybridized carbons (Fsp3) is 1.00. The number of rotatable bonds is 13. The lowest BCUT2D eigenvalue weighted by atomic mass is 10.4. The van der Waals surface area contributed by atoms with Crippen molar-refractivity contribution in [3.8, 4) is 0 Å². The first-order valence-corrected chi connectivity index (χ1v) is 5.74. The highest BCUT2D eigenvalue weighted by molar-refractivity contribution is 4.45. The monoisotopic (exact) mass is 252 g/mol. The summed E-state index contributed by atoms with van der Waals surface area (Å²) in [6, 6.07) is 0. The van der Waals surface area contributed by atoms with Crippen LogP contribution in [0.1, 0.15) is 6.42 Å². The van der Waals surface area contributed by atoms with Crippen molar-refractivity contribution >= 4 is 0 Å². The Hall–Kier alpha value is -0.240. The first-order valence-electron chi connectivity index (χ1n) is 5.74. The van der Waals surface area contributed by atoms with E-state index in [1.54, 1.807) is 14.2 Å². The van der Waals surface area contributed by atoms with Crippen molar-refractivity contribution in [1.82, 2.24) is 0 Å². The maximum Gasteiger partial charge on any atom is 0.159 e. The smallest absolute Gasteiger partial charge is 0.159 e. The number of aliphatic hydroxyl groups is 1. The van der Waals surface area contributed by atoms with Gasteiger partial charge in [0.1, 0.15) is 0 Å². The topological polar surface area (TPSA) is 66.4 Å². The lowest BCUT2D eigenvalue weighted by molar-refractivity contribution is -0.163. The third kappa shape index (κ3) is 12.0. The number of methoxy groups -OCH3 is 2. The van der Waals surface area contributed by atoms with E-state index in [9.17, 15) is 0 Å². The van der Waals surface area contributed by atoms with E-state index in [-0.39, 0.29) is 6.61 Å². The van der Waals surface area contributed by atoms with Crippen molar-refractivity contribution in [2.75, 3.05) is 60.5 Å². The summed E-state index contributed by atoms with van der Waals surface area (Å²) in [5.74, 6) is 0. The molecule has 0 saturated heterocycles. The average molecular weight is 252 g/mol. The zero-order valence-electron chi connectivity index (χ0n) is 10.7. The van der Waals surface area contributed by atoms with Gasteiger partial charge in [0.25, 0.3) is 0 Å². The minimum atomic E-state index is -0.402. The molecule has 6 heteroatoms. The molecule has 0 aliphatic carbocycles. The Kier molecular flexibility index (Phi) is 13.6. The molecule has 0 saturated carbocycles. The standard InChI is InChI=1S/C11H24O6/c1-13-5-7-15-8-10-17-11(3-4-12)16-9-6-14-2/h11-12H,3-10H2,1-2H3. The first-order chi connectivity index (χ1) is 8.35. The van der Waals surface area contributed by atoms with Gasteiger partial charge >= 0.3 is 0 Å². The summed E-state index contributed by atoms with van der Waals surface area (Å²) in [7, 11) is 3.23. The molecule has 0 bridgehead atoms. The van der Waals surface area contributed by atoms with Crippen LogP contribution in [-0.4, -0.2) is 71.9 Å². The van der Waals surface area contributed by atoms with Gasteiger partial charge in [0.15, 0.2) is 6.29 Å². The second-order valence-electron chi connectivity index (χ2n) is 3.28.